The molecule has 9 nitrogen and oxygen atoms in total. The molecule has 4 rings (SSSR count). The maximum atomic E-state index is 13.0. The molecular weight excluding hydrogens is 428 g/mol. The third-order valence-corrected chi connectivity index (χ3v) is 5.82. The predicted molar refractivity (Wildman–Crippen MR) is 119 cm³/mol. The standard InChI is InChI=1S/C24H24N2O7/c1-2-32-18-11-7-16(8-12-18)22(27)20-21(15-5-9-17(10-6-15)26(30)31)25(24(29)23(20)28)14-19-4-3-13-33-19/h5-12,19,21,27H,2-4,13-14H2,1H3/b22-20+. The number of benzene rings is 2. The highest BCUT2D eigenvalue weighted by Crippen LogP contribution is 2.40. The van der Waals surface area contributed by atoms with Crippen molar-refractivity contribution in [2.45, 2.75) is 31.9 Å². The molecule has 2 aliphatic heterocycles. The normalized spacial score (nSPS) is 22.0. The van der Waals surface area contributed by atoms with Gasteiger partial charge in [0, 0.05) is 30.8 Å². The minimum absolute atomic E-state index is 0.0593. The van der Waals surface area contributed by atoms with Crippen molar-refractivity contribution in [2.24, 2.45) is 0 Å². The first-order valence-electron chi connectivity index (χ1n) is 10.8. The number of ether oxygens (including phenoxy) is 2. The monoisotopic (exact) mass is 452 g/mol. The van der Waals surface area contributed by atoms with Crippen molar-refractivity contribution in [1.29, 1.82) is 0 Å². The molecule has 9 heteroatoms. The van der Waals surface area contributed by atoms with Crippen LogP contribution in [0.5, 0.6) is 5.75 Å². The number of ketones is 1. The lowest BCUT2D eigenvalue weighted by Gasteiger charge is -2.27. The second kappa shape index (κ2) is 9.41. The molecule has 1 amide bonds. The number of likely N-dealkylation sites (tertiary alicyclic amines) is 1. The van der Waals surface area contributed by atoms with Crippen molar-refractivity contribution in [1.82, 2.24) is 4.90 Å². The Labute approximate surface area is 190 Å². The topological polar surface area (TPSA) is 119 Å². The van der Waals surface area contributed by atoms with E-state index in [1.807, 2.05) is 6.92 Å². The first-order valence-corrected chi connectivity index (χ1v) is 10.8. The van der Waals surface area contributed by atoms with E-state index in [4.69, 9.17) is 9.47 Å². The summed E-state index contributed by atoms with van der Waals surface area (Å²) in [4.78, 5) is 38.0. The van der Waals surface area contributed by atoms with Crippen LogP contribution >= 0.6 is 0 Å². The Kier molecular flexibility index (Phi) is 6.41. The highest BCUT2D eigenvalue weighted by atomic mass is 16.6. The first kappa shape index (κ1) is 22.5. The fraction of sp³-hybridized carbons (Fsp3) is 0.333. The molecule has 2 atom stereocenters. The molecule has 1 N–H and O–H groups in total. The van der Waals surface area contributed by atoms with Crippen LogP contribution in [-0.4, -0.2) is 52.5 Å². The smallest absolute Gasteiger partial charge is 0.295 e. The van der Waals surface area contributed by atoms with E-state index in [0.717, 1.165) is 12.8 Å². The van der Waals surface area contributed by atoms with Gasteiger partial charge in [-0.15, -0.1) is 0 Å². The molecule has 2 unspecified atom stereocenters. The highest BCUT2D eigenvalue weighted by Gasteiger charge is 2.47. The number of hydrogen-bond donors (Lipinski definition) is 1. The van der Waals surface area contributed by atoms with E-state index in [1.54, 1.807) is 24.3 Å². The molecule has 33 heavy (non-hydrogen) atoms. The number of aliphatic hydroxyl groups is 1. The van der Waals surface area contributed by atoms with Crippen LogP contribution in [0.2, 0.25) is 0 Å². The number of nitro groups is 1. The van der Waals surface area contributed by atoms with Crippen LogP contribution in [0.15, 0.2) is 54.1 Å². The summed E-state index contributed by atoms with van der Waals surface area (Å²) in [7, 11) is 0. The third kappa shape index (κ3) is 4.45. The van der Waals surface area contributed by atoms with E-state index in [1.165, 1.54) is 29.2 Å². The number of carbonyl (C=O) groups excluding carboxylic acids is 2. The number of nitro benzene ring substituents is 1. The second-order valence-electron chi connectivity index (χ2n) is 7.89. The Morgan fingerprint density at radius 1 is 1.18 bits per heavy atom. The Hall–Kier alpha value is -3.72. The summed E-state index contributed by atoms with van der Waals surface area (Å²) in [5.41, 5.74) is 0.683. The third-order valence-electron chi connectivity index (χ3n) is 5.82. The van der Waals surface area contributed by atoms with Gasteiger partial charge in [-0.3, -0.25) is 19.7 Å². The van der Waals surface area contributed by atoms with Gasteiger partial charge in [0.25, 0.3) is 17.4 Å². The molecule has 0 bridgehead atoms. The average molecular weight is 452 g/mol. The minimum atomic E-state index is -0.887. The van der Waals surface area contributed by atoms with Crippen LogP contribution in [-0.2, 0) is 14.3 Å². The SMILES string of the molecule is CCOc1ccc(/C(O)=C2\C(=O)C(=O)N(CC3CCCO3)C2c2ccc([N+](=O)[O-])cc2)cc1. The van der Waals surface area contributed by atoms with Crippen LogP contribution in [0.4, 0.5) is 5.69 Å². The van der Waals surface area contributed by atoms with Crippen molar-refractivity contribution >= 4 is 23.1 Å². The number of non-ortho nitro benzene ring substituents is 1. The lowest BCUT2D eigenvalue weighted by molar-refractivity contribution is -0.384. The molecule has 2 aromatic carbocycles. The molecule has 0 aromatic heterocycles. The van der Waals surface area contributed by atoms with Crippen LogP contribution in [0.25, 0.3) is 5.76 Å². The average Bonchev–Trinajstić information content (AvgIpc) is 3.42. The van der Waals surface area contributed by atoms with E-state index >= 15 is 0 Å². The van der Waals surface area contributed by atoms with E-state index in [9.17, 15) is 24.8 Å². The number of amides is 1. The Morgan fingerprint density at radius 3 is 2.45 bits per heavy atom. The van der Waals surface area contributed by atoms with E-state index in [0.29, 0.717) is 30.1 Å². The summed E-state index contributed by atoms with van der Waals surface area (Å²) in [5.74, 6) is -1.24. The number of hydrogen-bond acceptors (Lipinski definition) is 7. The summed E-state index contributed by atoms with van der Waals surface area (Å²) >= 11 is 0. The van der Waals surface area contributed by atoms with E-state index in [2.05, 4.69) is 0 Å². The van der Waals surface area contributed by atoms with Crippen LogP contribution in [0, 0.1) is 10.1 Å². The molecule has 0 aliphatic carbocycles. The van der Waals surface area contributed by atoms with Gasteiger partial charge in [0.05, 0.1) is 29.2 Å². The Balaban J connectivity index is 1.78. The summed E-state index contributed by atoms with van der Waals surface area (Å²) in [5, 5.41) is 22.2. The van der Waals surface area contributed by atoms with Gasteiger partial charge in [-0.1, -0.05) is 0 Å². The van der Waals surface area contributed by atoms with Gasteiger partial charge < -0.3 is 19.5 Å². The van der Waals surface area contributed by atoms with Gasteiger partial charge in [0.2, 0.25) is 0 Å². The molecule has 0 saturated carbocycles. The first-order chi connectivity index (χ1) is 15.9. The molecule has 0 radical (unpaired) electrons. The Bertz CT molecular complexity index is 1090. The van der Waals surface area contributed by atoms with Gasteiger partial charge in [-0.2, -0.15) is 0 Å². The molecule has 2 saturated heterocycles. The quantitative estimate of drug-likeness (QED) is 0.224. The number of nitrogens with zero attached hydrogens (tertiary/aromatic N) is 2. The van der Waals surface area contributed by atoms with Gasteiger partial charge in [-0.05, 0) is 61.7 Å². The lowest BCUT2D eigenvalue weighted by Crippen LogP contribution is -2.36. The van der Waals surface area contributed by atoms with Crippen LogP contribution in [0.1, 0.15) is 36.9 Å². The van der Waals surface area contributed by atoms with Gasteiger partial charge in [-0.25, -0.2) is 0 Å². The van der Waals surface area contributed by atoms with Crippen molar-refractivity contribution in [2.75, 3.05) is 19.8 Å². The molecule has 2 heterocycles. The number of carbonyl (C=O) groups is 2. The summed E-state index contributed by atoms with van der Waals surface area (Å²) in [6, 6.07) is 11.3. The fourth-order valence-electron chi connectivity index (χ4n) is 4.23. The van der Waals surface area contributed by atoms with E-state index < -0.39 is 22.7 Å². The zero-order chi connectivity index (χ0) is 23.5. The fourth-order valence-corrected chi connectivity index (χ4v) is 4.23. The zero-order valence-electron chi connectivity index (χ0n) is 18.1. The van der Waals surface area contributed by atoms with E-state index in [-0.39, 0.29) is 29.7 Å². The van der Waals surface area contributed by atoms with Crippen LogP contribution < -0.4 is 4.74 Å². The van der Waals surface area contributed by atoms with Gasteiger partial charge >= 0.3 is 0 Å². The maximum Gasteiger partial charge on any atom is 0.295 e. The lowest BCUT2D eigenvalue weighted by atomic mass is 9.95. The van der Waals surface area contributed by atoms with Crippen molar-refractivity contribution in [3.8, 4) is 5.75 Å². The van der Waals surface area contributed by atoms with Gasteiger partial charge in [0.1, 0.15) is 11.5 Å². The number of rotatable bonds is 7. The molecular formula is C24H24N2O7. The largest absolute Gasteiger partial charge is 0.507 e. The maximum absolute atomic E-state index is 13.0. The summed E-state index contributed by atoms with van der Waals surface area (Å²) < 4.78 is 11.1. The molecule has 172 valence electrons. The van der Waals surface area contributed by atoms with Crippen molar-refractivity contribution in [3.63, 3.8) is 0 Å². The molecule has 2 aromatic rings. The zero-order valence-corrected chi connectivity index (χ0v) is 18.1. The van der Waals surface area contributed by atoms with Crippen molar-refractivity contribution in [3.05, 3.63) is 75.3 Å². The number of aliphatic hydroxyl groups excluding tert-OH is 1. The second-order valence-corrected chi connectivity index (χ2v) is 7.89. The van der Waals surface area contributed by atoms with Gasteiger partial charge in [0.15, 0.2) is 0 Å². The molecule has 2 aliphatic rings. The Morgan fingerprint density at radius 2 is 1.88 bits per heavy atom. The minimum Gasteiger partial charge on any atom is -0.507 e. The summed E-state index contributed by atoms with van der Waals surface area (Å²) in [6.07, 6.45) is 1.41. The van der Waals surface area contributed by atoms with Crippen LogP contribution in [0.3, 0.4) is 0 Å². The highest BCUT2D eigenvalue weighted by molar-refractivity contribution is 6.46. The van der Waals surface area contributed by atoms with Crippen molar-refractivity contribution < 1.29 is 29.1 Å². The predicted octanol–water partition coefficient (Wildman–Crippen LogP) is 3.59. The number of Topliss-reactive ketones (excluding diaryl/α,β-unsaturated/α-hetero) is 1. The summed E-state index contributed by atoms with van der Waals surface area (Å²) in [6.45, 7) is 3.11. The molecule has 2 fully saturated rings. The molecule has 0 spiro atoms.